The number of hydrogen-bond acceptors (Lipinski definition) is 3. The normalized spacial score (nSPS) is 11.7. The highest BCUT2D eigenvalue weighted by atomic mass is 32.2. The molecule has 4 heteroatoms. The van der Waals surface area contributed by atoms with Crippen LogP contribution < -0.4 is 5.32 Å². The highest BCUT2D eigenvalue weighted by Crippen LogP contribution is 2.02. The monoisotopic (exact) mass is 172 g/mol. The topological polar surface area (TPSA) is 52.9 Å². The first-order valence-electron chi connectivity index (χ1n) is 3.37. The van der Waals surface area contributed by atoms with Gasteiger partial charge in [0, 0.05) is 11.8 Å². The van der Waals surface area contributed by atoms with E-state index in [2.05, 4.69) is 5.32 Å². The van der Waals surface area contributed by atoms with Gasteiger partial charge in [0.15, 0.2) is 0 Å². The standard InChI is InChI=1S/C7H12N2OS/c1-6(11-2)5-9-7(10)3-4-8/h6H,3,5H2,1-2H3,(H,9,10). The molecule has 0 radical (unpaired) electrons. The maximum absolute atomic E-state index is 10.7. The lowest BCUT2D eigenvalue weighted by Crippen LogP contribution is -2.28. The lowest BCUT2D eigenvalue weighted by molar-refractivity contribution is -0.120. The first-order valence-corrected chi connectivity index (χ1v) is 4.66. The summed E-state index contributed by atoms with van der Waals surface area (Å²) in [5.74, 6) is -0.187. The van der Waals surface area contributed by atoms with Gasteiger partial charge in [-0.05, 0) is 6.26 Å². The zero-order valence-corrected chi connectivity index (χ0v) is 7.57. The second-order valence-electron chi connectivity index (χ2n) is 2.19. The van der Waals surface area contributed by atoms with E-state index in [4.69, 9.17) is 5.26 Å². The molecule has 11 heavy (non-hydrogen) atoms. The van der Waals surface area contributed by atoms with Gasteiger partial charge in [0.2, 0.25) is 5.91 Å². The summed E-state index contributed by atoms with van der Waals surface area (Å²) in [5.41, 5.74) is 0. The number of nitrogens with zero attached hydrogens (tertiary/aromatic N) is 1. The largest absolute Gasteiger partial charge is 0.354 e. The van der Waals surface area contributed by atoms with E-state index in [1.165, 1.54) is 0 Å². The Balaban J connectivity index is 3.39. The molecule has 0 aromatic rings. The predicted octanol–water partition coefficient (Wildman–Crippen LogP) is 0.768. The van der Waals surface area contributed by atoms with Crippen molar-refractivity contribution in [2.24, 2.45) is 0 Å². The summed E-state index contributed by atoms with van der Waals surface area (Å²) in [5, 5.41) is 11.2. The average Bonchev–Trinajstić information content (AvgIpc) is 2.01. The van der Waals surface area contributed by atoms with Gasteiger partial charge >= 0.3 is 0 Å². The van der Waals surface area contributed by atoms with E-state index >= 15 is 0 Å². The van der Waals surface area contributed by atoms with Crippen LogP contribution in [-0.4, -0.2) is 24.0 Å². The molecule has 0 aliphatic heterocycles. The van der Waals surface area contributed by atoms with Crippen molar-refractivity contribution in [1.82, 2.24) is 5.32 Å². The van der Waals surface area contributed by atoms with Gasteiger partial charge in [0.1, 0.15) is 6.42 Å². The van der Waals surface area contributed by atoms with E-state index in [9.17, 15) is 4.79 Å². The van der Waals surface area contributed by atoms with Crippen LogP contribution in [-0.2, 0) is 4.79 Å². The fraction of sp³-hybridized carbons (Fsp3) is 0.714. The van der Waals surface area contributed by atoms with Crippen LogP contribution in [0.5, 0.6) is 0 Å². The van der Waals surface area contributed by atoms with Crippen LogP contribution in [0, 0.1) is 11.3 Å². The Kier molecular flexibility index (Phi) is 5.67. The predicted molar refractivity (Wildman–Crippen MR) is 46.2 cm³/mol. The van der Waals surface area contributed by atoms with Crippen LogP contribution in [0.25, 0.3) is 0 Å². The summed E-state index contributed by atoms with van der Waals surface area (Å²) in [4.78, 5) is 10.7. The number of carbonyl (C=O) groups is 1. The van der Waals surface area contributed by atoms with Crippen LogP contribution in [0.4, 0.5) is 0 Å². The molecule has 3 nitrogen and oxygen atoms in total. The van der Waals surface area contributed by atoms with Crippen molar-refractivity contribution in [2.45, 2.75) is 18.6 Å². The van der Waals surface area contributed by atoms with Crippen LogP contribution >= 0.6 is 11.8 Å². The van der Waals surface area contributed by atoms with E-state index in [1.54, 1.807) is 17.8 Å². The van der Waals surface area contributed by atoms with E-state index in [0.29, 0.717) is 11.8 Å². The summed E-state index contributed by atoms with van der Waals surface area (Å²) >= 11 is 1.69. The Labute approximate surface area is 71.2 Å². The van der Waals surface area contributed by atoms with Gasteiger partial charge < -0.3 is 5.32 Å². The van der Waals surface area contributed by atoms with Gasteiger partial charge in [-0.25, -0.2) is 0 Å². The molecule has 1 N–H and O–H groups in total. The lowest BCUT2D eigenvalue weighted by Gasteiger charge is -2.07. The lowest BCUT2D eigenvalue weighted by atomic mass is 10.4. The highest BCUT2D eigenvalue weighted by Gasteiger charge is 2.02. The molecule has 0 saturated carbocycles. The Morgan fingerprint density at radius 3 is 2.91 bits per heavy atom. The van der Waals surface area contributed by atoms with Gasteiger partial charge in [-0.2, -0.15) is 17.0 Å². The summed E-state index contributed by atoms with van der Waals surface area (Å²) in [6, 6.07) is 1.79. The van der Waals surface area contributed by atoms with Crippen molar-refractivity contribution in [3.05, 3.63) is 0 Å². The maximum Gasteiger partial charge on any atom is 0.234 e. The van der Waals surface area contributed by atoms with E-state index in [0.717, 1.165) is 0 Å². The molecule has 0 heterocycles. The van der Waals surface area contributed by atoms with E-state index < -0.39 is 0 Å². The molecule has 0 rings (SSSR count). The fourth-order valence-electron chi connectivity index (χ4n) is 0.475. The minimum atomic E-state index is -0.187. The molecule has 0 aromatic heterocycles. The molecule has 1 unspecified atom stereocenters. The highest BCUT2D eigenvalue weighted by molar-refractivity contribution is 7.99. The quantitative estimate of drug-likeness (QED) is 0.681. The second kappa shape index (κ2) is 6.05. The molecule has 0 bridgehead atoms. The molecule has 1 atom stereocenters. The van der Waals surface area contributed by atoms with Crippen molar-refractivity contribution in [3.63, 3.8) is 0 Å². The van der Waals surface area contributed by atoms with Crippen molar-refractivity contribution >= 4 is 17.7 Å². The number of carbonyl (C=O) groups excluding carboxylic acids is 1. The Hall–Kier alpha value is -0.690. The third-order valence-corrected chi connectivity index (χ3v) is 2.20. The molecule has 0 aliphatic rings. The Bertz CT molecular complexity index is 164. The first kappa shape index (κ1) is 10.3. The van der Waals surface area contributed by atoms with E-state index in [1.807, 2.05) is 13.2 Å². The minimum absolute atomic E-state index is 0.0406. The molecule has 0 fully saturated rings. The van der Waals surface area contributed by atoms with Gasteiger partial charge in [-0.3, -0.25) is 4.79 Å². The average molecular weight is 172 g/mol. The van der Waals surface area contributed by atoms with Crippen molar-refractivity contribution in [2.75, 3.05) is 12.8 Å². The molecular formula is C7H12N2OS. The van der Waals surface area contributed by atoms with Gasteiger partial charge in [0.25, 0.3) is 0 Å². The number of amides is 1. The number of nitriles is 1. The third kappa shape index (κ3) is 5.74. The summed E-state index contributed by atoms with van der Waals surface area (Å²) in [7, 11) is 0. The third-order valence-electron chi connectivity index (χ3n) is 1.23. The Morgan fingerprint density at radius 1 is 1.82 bits per heavy atom. The van der Waals surface area contributed by atoms with Crippen LogP contribution in [0.1, 0.15) is 13.3 Å². The molecule has 0 spiro atoms. The first-order chi connectivity index (χ1) is 5.20. The molecule has 0 aromatic carbocycles. The van der Waals surface area contributed by atoms with Gasteiger partial charge in [-0.1, -0.05) is 6.92 Å². The van der Waals surface area contributed by atoms with Gasteiger partial charge in [0.05, 0.1) is 6.07 Å². The fourth-order valence-corrected chi connectivity index (χ4v) is 0.725. The SMILES string of the molecule is CSC(C)CNC(=O)CC#N. The van der Waals surface area contributed by atoms with Gasteiger partial charge in [-0.15, -0.1) is 0 Å². The molecule has 1 amide bonds. The van der Waals surface area contributed by atoms with Crippen molar-refractivity contribution in [3.8, 4) is 6.07 Å². The maximum atomic E-state index is 10.7. The minimum Gasteiger partial charge on any atom is -0.354 e. The number of hydrogen-bond donors (Lipinski definition) is 1. The smallest absolute Gasteiger partial charge is 0.234 e. The molecule has 0 saturated heterocycles. The van der Waals surface area contributed by atoms with Crippen molar-refractivity contribution in [1.29, 1.82) is 5.26 Å². The number of thioether (sulfide) groups is 1. The number of nitrogens with one attached hydrogen (secondary N) is 1. The van der Waals surface area contributed by atoms with Crippen LogP contribution in [0.15, 0.2) is 0 Å². The molecular weight excluding hydrogens is 160 g/mol. The second-order valence-corrected chi connectivity index (χ2v) is 3.46. The Morgan fingerprint density at radius 2 is 2.45 bits per heavy atom. The zero-order valence-electron chi connectivity index (χ0n) is 6.76. The van der Waals surface area contributed by atoms with E-state index in [-0.39, 0.29) is 12.3 Å². The number of rotatable bonds is 4. The summed E-state index contributed by atoms with van der Waals surface area (Å²) in [6.45, 7) is 2.67. The van der Waals surface area contributed by atoms with Crippen molar-refractivity contribution < 1.29 is 4.79 Å². The zero-order chi connectivity index (χ0) is 8.69. The summed E-state index contributed by atoms with van der Waals surface area (Å²) in [6.07, 6.45) is 1.95. The molecule has 62 valence electrons. The van der Waals surface area contributed by atoms with Crippen LogP contribution in [0.3, 0.4) is 0 Å². The van der Waals surface area contributed by atoms with Crippen LogP contribution in [0.2, 0.25) is 0 Å². The summed E-state index contributed by atoms with van der Waals surface area (Å²) < 4.78 is 0. The molecule has 0 aliphatic carbocycles.